The Morgan fingerprint density at radius 3 is 2.24 bits per heavy atom. The van der Waals surface area contributed by atoms with Gasteiger partial charge in [0, 0.05) is 32.1 Å². The number of ether oxygens (including phenoxy) is 1. The van der Waals surface area contributed by atoms with Crippen molar-refractivity contribution in [3.05, 3.63) is 30.3 Å². The maximum atomic E-state index is 11.7. The second-order valence-electron chi connectivity index (χ2n) is 6.45. The van der Waals surface area contributed by atoms with Crippen LogP contribution in [-0.2, 0) is 4.79 Å². The van der Waals surface area contributed by atoms with E-state index < -0.39 is 0 Å². The fourth-order valence-electron chi connectivity index (χ4n) is 1.83. The molecule has 25 heavy (non-hydrogen) atoms. The number of nitrogens with zero attached hydrogens (tertiary/aromatic N) is 1. The monoisotopic (exact) mass is 462 g/mol. The lowest BCUT2D eigenvalue weighted by Crippen LogP contribution is -2.43. The average Bonchev–Trinajstić information content (AvgIpc) is 2.56. The lowest BCUT2D eigenvalue weighted by atomic mass is 9.96. The van der Waals surface area contributed by atoms with E-state index in [9.17, 15) is 4.79 Å². The number of amides is 1. The third kappa shape index (κ3) is 10.9. The minimum Gasteiger partial charge on any atom is -0.494 e. The normalized spacial score (nSPS) is 11.3. The molecule has 1 aromatic carbocycles. The molecule has 0 spiro atoms. The molecule has 6 nitrogen and oxygen atoms in total. The molecule has 1 rings (SSSR count). The zero-order chi connectivity index (χ0) is 17.8. The van der Waals surface area contributed by atoms with Crippen molar-refractivity contribution in [3.8, 4) is 5.75 Å². The minimum atomic E-state index is -0.362. The fraction of sp³-hybridized carbons (Fsp3) is 0.556. The Hall–Kier alpha value is -1.51. The van der Waals surface area contributed by atoms with Crippen LogP contribution >= 0.6 is 24.0 Å². The van der Waals surface area contributed by atoms with Gasteiger partial charge in [0.1, 0.15) is 5.75 Å². The molecule has 142 valence electrons. The molecule has 0 unspecified atom stereocenters. The van der Waals surface area contributed by atoms with Crippen molar-refractivity contribution >= 4 is 35.8 Å². The first-order valence-electron chi connectivity index (χ1n) is 8.34. The Kier molecular flexibility index (Phi) is 12.0. The Morgan fingerprint density at radius 2 is 1.64 bits per heavy atom. The molecule has 3 N–H and O–H groups in total. The molecule has 0 radical (unpaired) electrons. The molecule has 0 aromatic heterocycles. The van der Waals surface area contributed by atoms with Gasteiger partial charge in [0.25, 0.3) is 0 Å². The number of halogens is 1. The number of carbonyl (C=O) groups excluding carboxylic acids is 1. The number of hydrogen-bond acceptors (Lipinski definition) is 3. The second-order valence-corrected chi connectivity index (χ2v) is 6.45. The number of guanidine groups is 1. The lowest BCUT2D eigenvalue weighted by molar-refractivity contribution is -0.128. The van der Waals surface area contributed by atoms with E-state index in [1.165, 1.54) is 0 Å². The molecule has 0 bridgehead atoms. The molecule has 1 aromatic rings. The quantitative estimate of drug-likeness (QED) is 0.240. The number of benzene rings is 1. The van der Waals surface area contributed by atoms with E-state index in [4.69, 9.17) is 4.74 Å². The SMILES string of the molecule is CN=C(NCCCOc1ccccc1)NCCNC(=O)C(C)(C)C.I. The van der Waals surface area contributed by atoms with Gasteiger partial charge in [-0.15, -0.1) is 24.0 Å². The van der Waals surface area contributed by atoms with E-state index in [0.717, 1.165) is 24.7 Å². The standard InChI is InChI=1S/C18H30N4O2.HI/c1-18(2,3)16(23)20-12-13-22-17(19-4)21-11-8-14-24-15-9-6-5-7-10-15;/h5-7,9-10H,8,11-14H2,1-4H3,(H,20,23)(H2,19,21,22);1H. The lowest BCUT2D eigenvalue weighted by Gasteiger charge is -2.18. The highest BCUT2D eigenvalue weighted by molar-refractivity contribution is 14.0. The fourth-order valence-corrected chi connectivity index (χ4v) is 1.83. The van der Waals surface area contributed by atoms with Gasteiger partial charge in [-0.2, -0.15) is 0 Å². The van der Waals surface area contributed by atoms with E-state index in [-0.39, 0.29) is 35.3 Å². The molecule has 0 heterocycles. The van der Waals surface area contributed by atoms with E-state index in [1.54, 1.807) is 7.05 Å². The Labute approximate surface area is 168 Å². The van der Waals surface area contributed by atoms with Crippen LogP contribution in [0.5, 0.6) is 5.75 Å². The van der Waals surface area contributed by atoms with Crippen LogP contribution in [0.15, 0.2) is 35.3 Å². The first kappa shape index (κ1) is 23.5. The van der Waals surface area contributed by atoms with Gasteiger partial charge in [-0.3, -0.25) is 9.79 Å². The highest BCUT2D eigenvalue weighted by Gasteiger charge is 2.20. The van der Waals surface area contributed by atoms with E-state index in [0.29, 0.717) is 19.7 Å². The second kappa shape index (κ2) is 12.8. The van der Waals surface area contributed by atoms with E-state index >= 15 is 0 Å². The molecular weight excluding hydrogens is 431 g/mol. The van der Waals surface area contributed by atoms with Crippen molar-refractivity contribution in [2.45, 2.75) is 27.2 Å². The average molecular weight is 462 g/mol. The number of rotatable bonds is 8. The number of aliphatic imine (C=N–C) groups is 1. The van der Waals surface area contributed by atoms with Gasteiger partial charge in [0.05, 0.1) is 6.61 Å². The van der Waals surface area contributed by atoms with Crippen LogP contribution in [0.1, 0.15) is 27.2 Å². The van der Waals surface area contributed by atoms with Crippen molar-refractivity contribution in [2.75, 3.05) is 33.3 Å². The molecule has 0 aliphatic carbocycles. The van der Waals surface area contributed by atoms with Gasteiger partial charge < -0.3 is 20.7 Å². The summed E-state index contributed by atoms with van der Waals surface area (Å²) in [6, 6.07) is 9.77. The van der Waals surface area contributed by atoms with Gasteiger partial charge in [0.15, 0.2) is 5.96 Å². The number of nitrogens with one attached hydrogen (secondary N) is 3. The van der Waals surface area contributed by atoms with Crippen LogP contribution in [0.2, 0.25) is 0 Å². The van der Waals surface area contributed by atoms with Crippen LogP contribution in [-0.4, -0.2) is 45.2 Å². The Morgan fingerprint density at radius 1 is 1.04 bits per heavy atom. The predicted octanol–water partition coefficient (Wildman–Crippen LogP) is 2.40. The first-order chi connectivity index (χ1) is 11.4. The third-order valence-corrected chi connectivity index (χ3v) is 3.23. The summed E-state index contributed by atoms with van der Waals surface area (Å²) >= 11 is 0. The maximum Gasteiger partial charge on any atom is 0.225 e. The zero-order valence-electron chi connectivity index (χ0n) is 15.6. The van der Waals surface area contributed by atoms with Crippen molar-refractivity contribution in [1.29, 1.82) is 0 Å². The summed E-state index contributed by atoms with van der Waals surface area (Å²) in [5, 5.41) is 9.28. The minimum absolute atomic E-state index is 0. The molecule has 0 aliphatic heterocycles. The summed E-state index contributed by atoms with van der Waals surface area (Å²) in [5.74, 6) is 1.65. The Balaban J connectivity index is 0.00000576. The molecular formula is C18H31IN4O2. The maximum absolute atomic E-state index is 11.7. The summed E-state index contributed by atoms with van der Waals surface area (Å²) < 4.78 is 5.63. The summed E-state index contributed by atoms with van der Waals surface area (Å²) in [4.78, 5) is 15.9. The summed E-state index contributed by atoms with van der Waals surface area (Å²) in [5.41, 5.74) is -0.362. The zero-order valence-corrected chi connectivity index (χ0v) is 17.9. The molecule has 0 saturated heterocycles. The first-order valence-corrected chi connectivity index (χ1v) is 8.34. The van der Waals surface area contributed by atoms with Crippen LogP contribution < -0.4 is 20.7 Å². The topological polar surface area (TPSA) is 74.8 Å². The van der Waals surface area contributed by atoms with Crippen LogP contribution in [0.25, 0.3) is 0 Å². The molecule has 0 aliphatic rings. The highest BCUT2D eigenvalue weighted by atomic mass is 127. The van der Waals surface area contributed by atoms with Crippen molar-refractivity contribution in [2.24, 2.45) is 10.4 Å². The summed E-state index contributed by atoms with van der Waals surface area (Å²) in [6.07, 6.45) is 0.871. The molecule has 1 amide bonds. The van der Waals surface area contributed by atoms with Crippen LogP contribution in [0.3, 0.4) is 0 Å². The molecule has 0 atom stereocenters. The van der Waals surface area contributed by atoms with Gasteiger partial charge >= 0.3 is 0 Å². The number of hydrogen-bond donors (Lipinski definition) is 3. The van der Waals surface area contributed by atoms with Gasteiger partial charge in [-0.1, -0.05) is 39.0 Å². The predicted molar refractivity (Wildman–Crippen MR) is 114 cm³/mol. The van der Waals surface area contributed by atoms with Gasteiger partial charge in [-0.05, 0) is 18.6 Å². The molecule has 0 saturated carbocycles. The highest BCUT2D eigenvalue weighted by Crippen LogP contribution is 2.11. The van der Waals surface area contributed by atoms with Crippen molar-refractivity contribution in [1.82, 2.24) is 16.0 Å². The Bertz CT molecular complexity index is 516. The number of carbonyl (C=O) groups is 1. The van der Waals surface area contributed by atoms with Crippen molar-refractivity contribution < 1.29 is 9.53 Å². The van der Waals surface area contributed by atoms with Crippen LogP contribution in [0, 0.1) is 5.41 Å². The molecule has 0 fully saturated rings. The largest absolute Gasteiger partial charge is 0.494 e. The smallest absolute Gasteiger partial charge is 0.225 e. The summed E-state index contributed by atoms with van der Waals surface area (Å²) in [6.45, 7) is 8.29. The van der Waals surface area contributed by atoms with E-state index in [1.807, 2.05) is 51.1 Å². The van der Waals surface area contributed by atoms with Gasteiger partial charge in [-0.25, -0.2) is 0 Å². The van der Waals surface area contributed by atoms with Crippen molar-refractivity contribution in [3.63, 3.8) is 0 Å². The van der Waals surface area contributed by atoms with E-state index in [2.05, 4.69) is 20.9 Å². The third-order valence-electron chi connectivity index (χ3n) is 3.23. The summed E-state index contributed by atoms with van der Waals surface area (Å²) in [7, 11) is 1.73. The van der Waals surface area contributed by atoms with Crippen LogP contribution in [0.4, 0.5) is 0 Å². The van der Waals surface area contributed by atoms with Gasteiger partial charge in [0.2, 0.25) is 5.91 Å². The number of para-hydroxylation sites is 1. The molecule has 7 heteroatoms.